The van der Waals surface area contributed by atoms with Crippen LogP contribution in [0.2, 0.25) is 0 Å². The summed E-state index contributed by atoms with van der Waals surface area (Å²) >= 11 is 1.35. The van der Waals surface area contributed by atoms with Crippen LogP contribution in [0, 0.1) is 0 Å². The Kier molecular flexibility index (Phi) is 4.54. The average Bonchev–Trinajstić information content (AvgIpc) is 2.94. The summed E-state index contributed by atoms with van der Waals surface area (Å²) in [6.07, 6.45) is 6.05. The molecule has 6 nitrogen and oxygen atoms in total. The van der Waals surface area contributed by atoms with Crippen LogP contribution in [-0.4, -0.2) is 33.2 Å². The first-order valence-corrected chi connectivity index (χ1v) is 6.49. The molecule has 0 radical (unpaired) electrons. The predicted octanol–water partition coefficient (Wildman–Crippen LogP) is 1.43. The molecule has 2 rings (SSSR count). The van der Waals surface area contributed by atoms with Crippen molar-refractivity contribution in [2.75, 3.05) is 13.7 Å². The van der Waals surface area contributed by atoms with E-state index in [-0.39, 0.29) is 6.04 Å². The Morgan fingerprint density at radius 3 is 2.89 bits per heavy atom. The molecule has 0 saturated carbocycles. The van der Waals surface area contributed by atoms with Gasteiger partial charge >= 0.3 is 0 Å². The van der Waals surface area contributed by atoms with Gasteiger partial charge in [-0.15, -0.1) is 5.10 Å². The number of ether oxygens (including phenoxy) is 1. The van der Waals surface area contributed by atoms with Gasteiger partial charge in [0.25, 0.3) is 0 Å². The fourth-order valence-corrected chi connectivity index (χ4v) is 2.20. The summed E-state index contributed by atoms with van der Waals surface area (Å²) in [6.45, 7) is 2.99. The fraction of sp³-hybridized carbons (Fsp3) is 0.455. The van der Waals surface area contributed by atoms with Gasteiger partial charge in [0.2, 0.25) is 5.88 Å². The second-order valence-electron chi connectivity index (χ2n) is 3.66. The molecule has 1 N–H and O–H groups in total. The molecular formula is C11H15N5OS. The SMILES string of the molecule is CCCNC(c1cnns1)c1nccnc1OC. The largest absolute Gasteiger partial charge is 0.480 e. The summed E-state index contributed by atoms with van der Waals surface area (Å²) in [4.78, 5) is 9.54. The second-order valence-corrected chi connectivity index (χ2v) is 4.48. The van der Waals surface area contributed by atoms with Crippen LogP contribution in [0.4, 0.5) is 0 Å². The van der Waals surface area contributed by atoms with Crippen LogP contribution in [0.25, 0.3) is 0 Å². The minimum Gasteiger partial charge on any atom is -0.480 e. The summed E-state index contributed by atoms with van der Waals surface area (Å²) in [7, 11) is 1.59. The molecule has 0 aliphatic rings. The van der Waals surface area contributed by atoms with Crippen LogP contribution in [0.1, 0.15) is 30.0 Å². The first-order valence-electron chi connectivity index (χ1n) is 5.72. The van der Waals surface area contributed by atoms with Gasteiger partial charge in [0.05, 0.1) is 24.2 Å². The molecule has 2 heterocycles. The van der Waals surface area contributed by atoms with Crippen LogP contribution in [0.15, 0.2) is 18.6 Å². The topological polar surface area (TPSA) is 72.8 Å². The normalized spacial score (nSPS) is 12.3. The van der Waals surface area contributed by atoms with Crippen LogP contribution in [0.3, 0.4) is 0 Å². The van der Waals surface area contributed by atoms with Crippen LogP contribution < -0.4 is 10.1 Å². The minimum absolute atomic E-state index is 0.0754. The number of rotatable bonds is 6. The second kappa shape index (κ2) is 6.36. The molecule has 0 saturated heterocycles. The van der Waals surface area contributed by atoms with Crippen LogP contribution in [-0.2, 0) is 0 Å². The maximum absolute atomic E-state index is 5.25. The molecule has 1 unspecified atom stereocenters. The number of nitrogens with zero attached hydrogens (tertiary/aromatic N) is 4. The van der Waals surface area contributed by atoms with E-state index in [0.29, 0.717) is 5.88 Å². The Morgan fingerprint density at radius 2 is 2.22 bits per heavy atom. The fourth-order valence-electron chi connectivity index (χ4n) is 1.61. The maximum atomic E-state index is 5.25. The zero-order valence-corrected chi connectivity index (χ0v) is 11.1. The molecule has 0 aliphatic carbocycles. The number of nitrogens with one attached hydrogen (secondary N) is 1. The first kappa shape index (κ1) is 12.8. The Balaban J connectivity index is 2.33. The van der Waals surface area contributed by atoms with Gasteiger partial charge in [-0.2, -0.15) is 0 Å². The number of methoxy groups -OCH3 is 1. The lowest BCUT2D eigenvalue weighted by Crippen LogP contribution is -2.24. The van der Waals surface area contributed by atoms with Gasteiger partial charge in [-0.3, -0.25) is 4.98 Å². The zero-order valence-electron chi connectivity index (χ0n) is 10.3. The molecule has 2 aromatic heterocycles. The van der Waals surface area contributed by atoms with E-state index in [0.717, 1.165) is 23.5 Å². The van der Waals surface area contributed by atoms with Gasteiger partial charge in [-0.1, -0.05) is 11.4 Å². The molecule has 0 amide bonds. The highest BCUT2D eigenvalue weighted by Crippen LogP contribution is 2.27. The minimum atomic E-state index is -0.0754. The smallest absolute Gasteiger partial charge is 0.237 e. The molecule has 0 fully saturated rings. The van der Waals surface area contributed by atoms with E-state index in [1.807, 2.05) is 0 Å². The van der Waals surface area contributed by atoms with E-state index in [1.165, 1.54) is 11.5 Å². The third kappa shape index (κ3) is 2.80. The van der Waals surface area contributed by atoms with E-state index in [9.17, 15) is 0 Å². The van der Waals surface area contributed by atoms with Crippen molar-refractivity contribution in [3.63, 3.8) is 0 Å². The first-order chi connectivity index (χ1) is 8.86. The summed E-state index contributed by atoms with van der Waals surface area (Å²) in [5.41, 5.74) is 0.763. The summed E-state index contributed by atoms with van der Waals surface area (Å²) in [5, 5.41) is 7.28. The maximum Gasteiger partial charge on any atom is 0.237 e. The van der Waals surface area contributed by atoms with Gasteiger partial charge in [-0.05, 0) is 24.5 Å². The highest BCUT2D eigenvalue weighted by molar-refractivity contribution is 7.05. The van der Waals surface area contributed by atoms with E-state index in [4.69, 9.17) is 4.74 Å². The summed E-state index contributed by atoms with van der Waals surface area (Å²) in [5.74, 6) is 0.527. The quantitative estimate of drug-likeness (QED) is 0.851. The molecule has 1 atom stereocenters. The van der Waals surface area contributed by atoms with Crippen molar-refractivity contribution in [3.8, 4) is 5.88 Å². The molecule has 0 bridgehead atoms. The molecule has 0 spiro atoms. The third-order valence-electron chi connectivity index (χ3n) is 2.42. The van der Waals surface area contributed by atoms with Crippen molar-refractivity contribution in [1.29, 1.82) is 0 Å². The monoisotopic (exact) mass is 265 g/mol. The molecule has 0 aliphatic heterocycles. The van der Waals surface area contributed by atoms with Crippen molar-refractivity contribution < 1.29 is 4.74 Å². The van der Waals surface area contributed by atoms with Crippen molar-refractivity contribution in [2.45, 2.75) is 19.4 Å². The summed E-state index contributed by atoms with van der Waals surface area (Å²) in [6, 6.07) is -0.0754. The van der Waals surface area contributed by atoms with Gasteiger partial charge in [0, 0.05) is 12.4 Å². The molecule has 0 aromatic carbocycles. The molecule has 7 heteroatoms. The van der Waals surface area contributed by atoms with E-state index in [2.05, 4.69) is 31.8 Å². The predicted molar refractivity (Wildman–Crippen MR) is 68.6 cm³/mol. The molecule has 96 valence electrons. The van der Waals surface area contributed by atoms with Gasteiger partial charge < -0.3 is 10.1 Å². The standard InChI is InChI=1S/C11H15N5OS/c1-3-4-12-9(8-7-15-16-18-8)10-11(17-2)14-6-5-13-10/h5-7,9,12H,3-4H2,1-2H3. The van der Waals surface area contributed by atoms with Gasteiger partial charge in [0.1, 0.15) is 5.69 Å². The lowest BCUT2D eigenvalue weighted by molar-refractivity contribution is 0.383. The van der Waals surface area contributed by atoms with Crippen molar-refractivity contribution in [3.05, 3.63) is 29.2 Å². The van der Waals surface area contributed by atoms with Gasteiger partial charge in [-0.25, -0.2) is 4.98 Å². The Bertz CT molecular complexity index is 476. The Morgan fingerprint density at radius 1 is 1.39 bits per heavy atom. The molecular weight excluding hydrogens is 250 g/mol. The van der Waals surface area contributed by atoms with E-state index in [1.54, 1.807) is 25.7 Å². The average molecular weight is 265 g/mol. The molecule has 2 aromatic rings. The Hall–Kier alpha value is -1.60. The number of aromatic nitrogens is 4. The van der Waals surface area contributed by atoms with E-state index < -0.39 is 0 Å². The highest BCUT2D eigenvalue weighted by atomic mass is 32.1. The van der Waals surface area contributed by atoms with Crippen molar-refractivity contribution >= 4 is 11.5 Å². The zero-order chi connectivity index (χ0) is 12.8. The third-order valence-corrected chi connectivity index (χ3v) is 3.15. The van der Waals surface area contributed by atoms with Gasteiger partial charge in [0.15, 0.2) is 0 Å². The van der Waals surface area contributed by atoms with E-state index >= 15 is 0 Å². The van der Waals surface area contributed by atoms with Crippen molar-refractivity contribution in [1.82, 2.24) is 24.9 Å². The number of hydrogen-bond acceptors (Lipinski definition) is 7. The lowest BCUT2D eigenvalue weighted by atomic mass is 10.1. The molecule has 18 heavy (non-hydrogen) atoms. The summed E-state index contributed by atoms with van der Waals surface area (Å²) < 4.78 is 9.15. The lowest BCUT2D eigenvalue weighted by Gasteiger charge is -2.17. The van der Waals surface area contributed by atoms with Crippen LogP contribution >= 0.6 is 11.5 Å². The van der Waals surface area contributed by atoms with Crippen molar-refractivity contribution in [2.24, 2.45) is 0 Å². The van der Waals surface area contributed by atoms with Crippen LogP contribution in [0.5, 0.6) is 5.88 Å². The number of hydrogen-bond donors (Lipinski definition) is 1. The Labute approximate surface area is 110 Å². The highest BCUT2D eigenvalue weighted by Gasteiger charge is 2.21.